The van der Waals surface area contributed by atoms with Gasteiger partial charge in [0, 0.05) is 12.1 Å². The molecule has 0 aromatic carbocycles. The van der Waals surface area contributed by atoms with Crippen molar-refractivity contribution in [3.8, 4) is 5.82 Å². The molecular formula is C9H11N5S. The highest BCUT2D eigenvalue weighted by Gasteiger charge is 2.06. The van der Waals surface area contributed by atoms with Gasteiger partial charge in [0.15, 0.2) is 5.82 Å². The third kappa shape index (κ3) is 1.94. The molecule has 0 fully saturated rings. The summed E-state index contributed by atoms with van der Waals surface area (Å²) in [5, 5.41) is 5.00. The molecule has 2 heterocycles. The van der Waals surface area contributed by atoms with Crippen LogP contribution in [0.25, 0.3) is 5.82 Å². The van der Waals surface area contributed by atoms with E-state index in [1.54, 1.807) is 28.7 Å². The summed E-state index contributed by atoms with van der Waals surface area (Å²) in [5.74, 6) is 1.99. The Morgan fingerprint density at radius 1 is 1.40 bits per heavy atom. The van der Waals surface area contributed by atoms with E-state index < -0.39 is 0 Å². The smallest absolute Gasteiger partial charge is 0.160 e. The summed E-state index contributed by atoms with van der Waals surface area (Å²) >= 11 is 1.57. The molecule has 2 aromatic rings. The number of aromatic nitrogens is 4. The molecular weight excluding hydrogens is 210 g/mol. The van der Waals surface area contributed by atoms with E-state index >= 15 is 0 Å². The standard InChI is InChI=1S/C9H11N5S/c1-6-12-8(5-9(13-6)15-2)14-7(10)3-4-11-14/h3-5H,10H2,1-2H3. The minimum absolute atomic E-state index is 0.570. The van der Waals surface area contributed by atoms with Crippen molar-refractivity contribution >= 4 is 17.6 Å². The van der Waals surface area contributed by atoms with Crippen molar-refractivity contribution in [1.29, 1.82) is 0 Å². The summed E-state index contributed by atoms with van der Waals surface area (Å²) < 4.78 is 1.59. The molecule has 0 aliphatic carbocycles. The van der Waals surface area contributed by atoms with Gasteiger partial charge >= 0.3 is 0 Å². The van der Waals surface area contributed by atoms with Gasteiger partial charge in [-0.05, 0) is 13.2 Å². The predicted molar refractivity (Wildman–Crippen MR) is 60.1 cm³/mol. The van der Waals surface area contributed by atoms with Crippen LogP contribution in [-0.2, 0) is 0 Å². The number of hydrogen-bond acceptors (Lipinski definition) is 5. The Kier molecular flexibility index (Phi) is 2.59. The first-order valence-corrected chi connectivity index (χ1v) is 5.62. The molecule has 5 nitrogen and oxygen atoms in total. The first kappa shape index (κ1) is 9.97. The SMILES string of the molecule is CSc1cc(-n2nccc2N)nc(C)n1. The molecule has 0 atom stereocenters. The molecule has 15 heavy (non-hydrogen) atoms. The van der Waals surface area contributed by atoms with Gasteiger partial charge in [0.05, 0.1) is 6.20 Å². The Bertz CT molecular complexity index is 479. The summed E-state index contributed by atoms with van der Waals surface area (Å²) in [7, 11) is 0. The maximum absolute atomic E-state index is 5.75. The minimum atomic E-state index is 0.570. The maximum Gasteiger partial charge on any atom is 0.160 e. The van der Waals surface area contributed by atoms with Gasteiger partial charge in [0.25, 0.3) is 0 Å². The molecule has 2 aromatic heterocycles. The van der Waals surface area contributed by atoms with E-state index in [-0.39, 0.29) is 0 Å². The lowest BCUT2D eigenvalue weighted by Crippen LogP contribution is -2.06. The predicted octanol–water partition coefficient (Wildman–Crippen LogP) is 1.27. The van der Waals surface area contributed by atoms with Crippen molar-refractivity contribution in [2.75, 3.05) is 12.0 Å². The van der Waals surface area contributed by atoms with Crippen LogP contribution >= 0.6 is 11.8 Å². The highest BCUT2D eigenvalue weighted by molar-refractivity contribution is 7.98. The van der Waals surface area contributed by atoms with Crippen LogP contribution in [-0.4, -0.2) is 26.0 Å². The molecule has 6 heteroatoms. The first-order valence-electron chi connectivity index (χ1n) is 4.40. The topological polar surface area (TPSA) is 69.6 Å². The Hall–Kier alpha value is -1.56. The summed E-state index contributed by atoms with van der Waals surface area (Å²) in [6.07, 6.45) is 3.61. The second-order valence-electron chi connectivity index (χ2n) is 2.98. The lowest BCUT2D eigenvalue weighted by Gasteiger charge is -2.05. The van der Waals surface area contributed by atoms with Crippen LogP contribution in [0.1, 0.15) is 5.82 Å². The summed E-state index contributed by atoms with van der Waals surface area (Å²) in [4.78, 5) is 8.54. The minimum Gasteiger partial charge on any atom is -0.384 e. The Labute approximate surface area is 91.7 Å². The molecule has 2 rings (SSSR count). The van der Waals surface area contributed by atoms with E-state index in [1.807, 2.05) is 19.2 Å². The second-order valence-corrected chi connectivity index (χ2v) is 3.81. The molecule has 0 aliphatic rings. The highest BCUT2D eigenvalue weighted by Crippen LogP contribution is 2.16. The normalized spacial score (nSPS) is 10.5. The average Bonchev–Trinajstić information content (AvgIpc) is 2.63. The quantitative estimate of drug-likeness (QED) is 0.611. The van der Waals surface area contributed by atoms with Crippen LogP contribution in [0.15, 0.2) is 23.4 Å². The summed E-state index contributed by atoms with van der Waals surface area (Å²) in [6, 6.07) is 3.59. The van der Waals surface area contributed by atoms with Crippen LogP contribution in [0, 0.1) is 6.92 Å². The number of rotatable bonds is 2. The van der Waals surface area contributed by atoms with Crippen molar-refractivity contribution in [1.82, 2.24) is 19.7 Å². The van der Waals surface area contributed by atoms with Gasteiger partial charge in [-0.25, -0.2) is 9.97 Å². The average molecular weight is 221 g/mol. The first-order chi connectivity index (χ1) is 7.20. The summed E-state index contributed by atoms with van der Waals surface area (Å²) in [6.45, 7) is 1.85. The molecule has 0 radical (unpaired) electrons. The van der Waals surface area contributed by atoms with Crippen LogP contribution in [0.4, 0.5) is 5.82 Å². The number of nitrogen functional groups attached to an aromatic ring is 1. The largest absolute Gasteiger partial charge is 0.384 e. The lowest BCUT2D eigenvalue weighted by atomic mass is 10.5. The van der Waals surface area contributed by atoms with E-state index in [0.29, 0.717) is 17.5 Å². The number of anilines is 1. The molecule has 2 N–H and O–H groups in total. The zero-order chi connectivity index (χ0) is 10.8. The van der Waals surface area contributed by atoms with Crippen molar-refractivity contribution in [2.45, 2.75) is 11.9 Å². The zero-order valence-corrected chi connectivity index (χ0v) is 9.32. The monoisotopic (exact) mass is 221 g/mol. The van der Waals surface area contributed by atoms with Gasteiger partial charge in [-0.2, -0.15) is 9.78 Å². The van der Waals surface area contributed by atoms with E-state index in [2.05, 4.69) is 15.1 Å². The zero-order valence-electron chi connectivity index (χ0n) is 8.51. The van der Waals surface area contributed by atoms with Gasteiger partial charge in [0.1, 0.15) is 16.7 Å². The van der Waals surface area contributed by atoms with Gasteiger partial charge in [0.2, 0.25) is 0 Å². The lowest BCUT2D eigenvalue weighted by molar-refractivity contribution is 0.819. The van der Waals surface area contributed by atoms with Crippen molar-refractivity contribution in [3.63, 3.8) is 0 Å². The molecule has 0 saturated carbocycles. The Morgan fingerprint density at radius 2 is 2.20 bits per heavy atom. The van der Waals surface area contributed by atoms with Gasteiger partial charge in [-0.1, -0.05) is 0 Å². The number of nitrogens with two attached hydrogens (primary N) is 1. The fraction of sp³-hybridized carbons (Fsp3) is 0.222. The van der Waals surface area contributed by atoms with Crippen LogP contribution < -0.4 is 5.73 Å². The molecule has 0 bridgehead atoms. The highest BCUT2D eigenvalue weighted by atomic mass is 32.2. The fourth-order valence-electron chi connectivity index (χ4n) is 1.24. The molecule has 0 unspecified atom stereocenters. The number of aryl methyl sites for hydroxylation is 1. The van der Waals surface area contributed by atoms with Gasteiger partial charge in [-0.3, -0.25) is 0 Å². The molecule has 0 spiro atoms. The van der Waals surface area contributed by atoms with E-state index in [0.717, 1.165) is 5.03 Å². The van der Waals surface area contributed by atoms with Crippen molar-refractivity contribution < 1.29 is 0 Å². The van der Waals surface area contributed by atoms with Gasteiger partial charge < -0.3 is 5.73 Å². The van der Waals surface area contributed by atoms with Crippen molar-refractivity contribution in [2.24, 2.45) is 0 Å². The Morgan fingerprint density at radius 3 is 2.80 bits per heavy atom. The second kappa shape index (κ2) is 3.90. The third-order valence-corrected chi connectivity index (χ3v) is 2.53. The third-order valence-electron chi connectivity index (χ3n) is 1.90. The van der Waals surface area contributed by atoms with E-state index in [9.17, 15) is 0 Å². The molecule has 0 amide bonds. The van der Waals surface area contributed by atoms with E-state index in [4.69, 9.17) is 5.73 Å². The molecule has 0 aliphatic heterocycles. The number of thioether (sulfide) groups is 1. The maximum atomic E-state index is 5.75. The van der Waals surface area contributed by atoms with Crippen molar-refractivity contribution in [3.05, 3.63) is 24.2 Å². The summed E-state index contributed by atoms with van der Waals surface area (Å²) in [5.41, 5.74) is 5.75. The van der Waals surface area contributed by atoms with Crippen LogP contribution in [0.2, 0.25) is 0 Å². The van der Waals surface area contributed by atoms with Crippen LogP contribution in [0.3, 0.4) is 0 Å². The van der Waals surface area contributed by atoms with Crippen LogP contribution in [0.5, 0.6) is 0 Å². The van der Waals surface area contributed by atoms with Gasteiger partial charge in [-0.15, -0.1) is 11.8 Å². The Balaban J connectivity index is 2.53. The molecule has 0 saturated heterocycles. The fourth-order valence-corrected chi connectivity index (χ4v) is 1.69. The number of nitrogens with zero attached hydrogens (tertiary/aromatic N) is 4. The molecule has 78 valence electrons. The van der Waals surface area contributed by atoms with E-state index in [1.165, 1.54) is 0 Å². The number of hydrogen-bond donors (Lipinski definition) is 1.